The van der Waals surface area contributed by atoms with E-state index in [-0.39, 0.29) is 0 Å². The Hall–Kier alpha value is -1.65. The lowest BCUT2D eigenvalue weighted by atomic mass is 10.0. The molecule has 0 radical (unpaired) electrons. The van der Waals surface area contributed by atoms with Crippen LogP contribution in [0.4, 0.5) is 0 Å². The van der Waals surface area contributed by atoms with E-state index in [1.807, 2.05) is 6.92 Å². The van der Waals surface area contributed by atoms with E-state index in [2.05, 4.69) is 35.9 Å². The Labute approximate surface area is 119 Å². The first-order valence-corrected chi connectivity index (χ1v) is 7.25. The van der Waals surface area contributed by atoms with Crippen LogP contribution in [-0.2, 0) is 19.3 Å². The van der Waals surface area contributed by atoms with Gasteiger partial charge in [0, 0.05) is 26.2 Å². The van der Waals surface area contributed by atoms with Crippen molar-refractivity contribution in [2.45, 2.75) is 53.4 Å². The minimum Gasteiger partial charge on any atom is -0.446 e. The smallest absolute Gasteiger partial charge is 0.226 e. The first-order valence-electron chi connectivity index (χ1n) is 7.25. The first kappa shape index (κ1) is 14.8. The number of aromatic nitrogens is 3. The summed E-state index contributed by atoms with van der Waals surface area (Å²) in [6.45, 7) is 8.36. The predicted octanol–water partition coefficient (Wildman–Crippen LogP) is 3.38. The number of aryl methyl sites for hydroxylation is 2. The third kappa shape index (κ3) is 4.47. The van der Waals surface area contributed by atoms with Gasteiger partial charge in [-0.05, 0) is 18.3 Å². The third-order valence-corrected chi connectivity index (χ3v) is 3.17. The fourth-order valence-electron chi connectivity index (χ4n) is 2.15. The molecule has 0 aromatic carbocycles. The van der Waals surface area contributed by atoms with Gasteiger partial charge in [-0.3, -0.25) is 0 Å². The number of oxazole rings is 1. The van der Waals surface area contributed by atoms with Crippen molar-refractivity contribution in [3.8, 4) is 0 Å². The SMILES string of the molecule is Cc1ncc(CC(C)CCc2nc(CC(C)C)no2)o1. The molecule has 20 heavy (non-hydrogen) atoms. The van der Waals surface area contributed by atoms with E-state index in [9.17, 15) is 0 Å². The Kier molecular flexibility index (Phi) is 4.93. The van der Waals surface area contributed by atoms with Gasteiger partial charge in [-0.25, -0.2) is 4.98 Å². The highest BCUT2D eigenvalue weighted by atomic mass is 16.5. The van der Waals surface area contributed by atoms with Gasteiger partial charge in [-0.15, -0.1) is 0 Å². The van der Waals surface area contributed by atoms with Crippen LogP contribution >= 0.6 is 0 Å². The number of hydrogen-bond acceptors (Lipinski definition) is 5. The van der Waals surface area contributed by atoms with Crippen molar-refractivity contribution in [3.63, 3.8) is 0 Å². The van der Waals surface area contributed by atoms with Crippen LogP contribution < -0.4 is 0 Å². The average molecular weight is 277 g/mol. The van der Waals surface area contributed by atoms with Gasteiger partial charge in [-0.1, -0.05) is 25.9 Å². The highest BCUT2D eigenvalue weighted by molar-refractivity contribution is 4.94. The van der Waals surface area contributed by atoms with Gasteiger partial charge in [0.15, 0.2) is 11.7 Å². The first-order chi connectivity index (χ1) is 9.52. The summed E-state index contributed by atoms with van der Waals surface area (Å²) in [5.74, 6) is 4.27. The third-order valence-electron chi connectivity index (χ3n) is 3.17. The topological polar surface area (TPSA) is 65.0 Å². The van der Waals surface area contributed by atoms with Crippen LogP contribution in [0, 0.1) is 18.8 Å². The molecule has 2 aromatic heterocycles. The van der Waals surface area contributed by atoms with Gasteiger partial charge in [0.25, 0.3) is 0 Å². The monoisotopic (exact) mass is 277 g/mol. The molecule has 0 amide bonds. The molecule has 0 fully saturated rings. The van der Waals surface area contributed by atoms with E-state index in [1.165, 1.54) is 0 Å². The van der Waals surface area contributed by atoms with Crippen LogP contribution in [0.15, 0.2) is 15.1 Å². The lowest BCUT2D eigenvalue weighted by Gasteiger charge is -2.06. The second kappa shape index (κ2) is 6.68. The summed E-state index contributed by atoms with van der Waals surface area (Å²) < 4.78 is 10.8. The molecule has 0 saturated heterocycles. The van der Waals surface area contributed by atoms with Crippen LogP contribution in [0.2, 0.25) is 0 Å². The largest absolute Gasteiger partial charge is 0.446 e. The molecule has 1 unspecified atom stereocenters. The van der Waals surface area contributed by atoms with E-state index in [0.717, 1.165) is 49.0 Å². The zero-order chi connectivity index (χ0) is 14.5. The van der Waals surface area contributed by atoms with E-state index in [0.29, 0.717) is 11.8 Å². The van der Waals surface area contributed by atoms with Gasteiger partial charge in [-0.2, -0.15) is 4.98 Å². The lowest BCUT2D eigenvalue weighted by molar-refractivity contribution is 0.353. The molecule has 5 heteroatoms. The minimum absolute atomic E-state index is 0.503. The molecule has 0 bridgehead atoms. The summed E-state index contributed by atoms with van der Waals surface area (Å²) in [5.41, 5.74) is 0. The zero-order valence-electron chi connectivity index (χ0n) is 12.7. The van der Waals surface area contributed by atoms with Crippen molar-refractivity contribution in [2.24, 2.45) is 11.8 Å². The number of nitrogens with zero attached hydrogens (tertiary/aromatic N) is 3. The standard InChI is InChI=1S/C15H23N3O2/c1-10(2)7-14-17-15(20-18-14)6-5-11(3)8-13-9-16-12(4)19-13/h9-11H,5-8H2,1-4H3. The maximum Gasteiger partial charge on any atom is 0.226 e. The van der Waals surface area contributed by atoms with Gasteiger partial charge in [0.05, 0.1) is 6.20 Å². The van der Waals surface area contributed by atoms with Crippen molar-refractivity contribution in [3.05, 3.63) is 29.6 Å². The van der Waals surface area contributed by atoms with Crippen LogP contribution in [-0.4, -0.2) is 15.1 Å². The maximum absolute atomic E-state index is 5.49. The Morgan fingerprint density at radius 2 is 2.00 bits per heavy atom. The van der Waals surface area contributed by atoms with Gasteiger partial charge < -0.3 is 8.94 Å². The summed E-state index contributed by atoms with van der Waals surface area (Å²) in [6, 6.07) is 0. The van der Waals surface area contributed by atoms with Crippen molar-refractivity contribution >= 4 is 0 Å². The summed E-state index contributed by atoms with van der Waals surface area (Å²) in [6.07, 6.45) is 5.39. The van der Waals surface area contributed by atoms with Crippen LogP contribution in [0.1, 0.15) is 50.6 Å². The zero-order valence-corrected chi connectivity index (χ0v) is 12.7. The molecule has 1 atom stereocenters. The average Bonchev–Trinajstić information content (AvgIpc) is 2.96. The number of hydrogen-bond donors (Lipinski definition) is 0. The number of rotatable bonds is 7. The molecular weight excluding hydrogens is 254 g/mol. The van der Waals surface area contributed by atoms with Crippen molar-refractivity contribution in [1.29, 1.82) is 0 Å². The molecule has 0 aliphatic carbocycles. The van der Waals surface area contributed by atoms with Crippen molar-refractivity contribution in [1.82, 2.24) is 15.1 Å². The summed E-state index contributed by atoms with van der Waals surface area (Å²) >= 11 is 0. The van der Waals surface area contributed by atoms with E-state index in [4.69, 9.17) is 8.94 Å². The second-order valence-electron chi connectivity index (χ2n) is 5.90. The Morgan fingerprint density at radius 1 is 1.20 bits per heavy atom. The highest BCUT2D eigenvalue weighted by Crippen LogP contribution is 2.15. The molecular formula is C15H23N3O2. The Morgan fingerprint density at radius 3 is 2.65 bits per heavy atom. The van der Waals surface area contributed by atoms with Gasteiger partial charge >= 0.3 is 0 Å². The minimum atomic E-state index is 0.503. The van der Waals surface area contributed by atoms with Crippen LogP contribution in [0.25, 0.3) is 0 Å². The molecule has 0 spiro atoms. The molecule has 110 valence electrons. The molecule has 0 N–H and O–H groups in total. The molecule has 0 aliphatic heterocycles. The fourth-order valence-corrected chi connectivity index (χ4v) is 2.15. The molecule has 2 heterocycles. The Balaban J connectivity index is 1.78. The van der Waals surface area contributed by atoms with E-state index < -0.39 is 0 Å². The van der Waals surface area contributed by atoms with Crippen molar-refractivity contribution in [2.75, 3.05) is 0 Å². The fraction of sp³-hybridized carbons (Fsp3) is 0.667. The maximum atomic E-state index is 5.49. The van der Waals surface area contributed by atoms with E-state index in [1.54, 1.807) is 6.20 Å². The highest BCUT2D eigenvalue weighted by Gasteiger charge is 2.12. The normalized spacial score (nSPS) is 13.1. The molecule has 0 aliphatic rings. The van der Waals surface area contributed by atoms with Crippen LogP contribution in [0.5, 0.6) is 0 Å². The summed E-state index contributed by atoms with van der Waals surface area (Å²) in [4.78, 5) is 8.53. The predicted molar refractivity (Wildman–Crippen MR) is 75.3 cm³/mol. The summed E-state index contributed by atoms with van der Waals surface area (Å²) in [5, 5.41) is 4.01. The van der Waals surface area contributed by atoms with Crippen LogP contribution in [0.3, 0.4) is 0 Å². The molecule has 2 rings (SSSR count). The molecule has 2 aromatic rings. The van der Waals surface area contributed by atoms with Crippen molar-refractivity contribution < 1.29 is 8.94 Å². The summed E-state index contributed by atoms with van der Waals surface area (Å²) in [7, 11) is 0. The van der Waals surface area contributed by atoms with Gasteiger partial charge in [0.2, 0.25) is 5.89 Å². The van der Waals surface area contributed by atoms with E-state index >= 15 is 0 Å². The Bertz CT molecular complexity index is 531. The van der Waals surface area contributed by atoms with Gasteiger partial charge in [0.1, 0.15) is 5.76 Å². The quantitative estimate of drug-likeness (QED) is 0.776. The molecule has 0 saturated carbocycles. The molecule has 5 nitrogen and oxygen atoms in total. The lowest BCUT2D eigenvalue weighted by Crippen LogP contribution is -2.02. The second-order valence-corrected chi connectivity index (χ2v) is 5.90.